The standard InChI is InChI=1S/C11H13F2NO4S/c1-7(18-2)10(15)14-8-5-3-4-6-9(8)19(16,17)11(12)13/h3-7,11H,1-2H3,(H,14,15). The number of hydrogen-bond donors (Lipinski definition) is 1. The minimum atomic E-state index is -4.77. The lowest BCUT2D eigenvalue weighted by atomic mass is 10.3. The summed E-state index contributed by atoms with van der Waals surface area (Å²) in [6.07, 6.45) is -0.831. The number of halogens is 2. The van der Waals surface area contributed by atoms with Gasteiger partial charge in [-0.15, -0.1) is 0 Å². The minimum absolute atomic E-state index is 0.197. The number of anilines is 1. The molecule has 0 aliphatic carbocycles. The van der Waals surface area contributed by atoms with Crippen LogP contribution in [0.15, 0.2) is 29.2 Å². The van der Waals surface area contributed by atoms with Crippen molar-refractivity contribution in [3.63, 3.8) is 0 Å². The molecule has 1 unspecified atom stereocenters. The molecule has 0 saturated carbocycles. The molecule has 8 heteroatoms. The third-order valence-electron chi connectivity index (χ3n) is 2.41. The van der Waals surface area contributed by atoms with Crippen molar-refractivity contribution in [2.75, 3.05) is 12.4 Å². The maximum absolute atomic E-state index is 12.5. The van der Waals surface area contributed by atoms with E-state index in [1.165, 1.54) is 32.2 Å². The van der Waals surface area contributed by atoms with E-state index in [0.29, 0.717) is 0 Å². The summed E-state index contributed by atoms with van der Waals surface area (Å²) in [5.74, 6) is -4.18. The Labute approximate surface area is 109 Å². The molecule has 1 atom stereocenters. The maximum Gasteiger partial charge on any atom is 0.341 e. The maximum atomic E-state index is 12.5. The fourth-order valence-electron chi connectivity index (χ4n) is 1.26. The topological polar surface area (TPSA) is 72.5 Å². The Morgan fingerprint density at radius 2 is 1.89 bits per heavy atom. The average Bonchev–Trinajstić information content (AvgIpc) is 2.37. The Bertz CT molecular complexity index is 560. The largest absolute Gasteiger partial charge is 0.372 e. The first-order valence-corrected chi connectivity index (χ1v) is 6.80. The Hall–Kier alpha value is -1.54. The summed E-state index contributed by atoms with van der Waals surface area (Å²) >= 11 is 0. The molecule has 1 aromatic carbocycles. The second-order valence-electron chi connectivity index (χ2n) is 3.67. The molecule has 0 fully saturated rings. The third kappa shape index (κ3) is 3.48. The molecule has 106 valence electrons. The van der Waals surface area contributed by atoms with Crippen molar-refractivity contribution in [2.24, 2.45) is 0 Å². The highest BCUT2D eigenvalue weighted by Gasteiger charge is 2.29. The van der Waals surface area contributed by atoms with Crippen LogP contribution in [0.25, 0.3) is 0 Å². The van der Waals surface area contributed by atoms with Crippen LogP contribution in [0.4, 0.5) is 14.5 Å². The van der Waals surface area contributed by atoms with E-state index in [2.05, 4.69) is 5.32 Å². The fraction of sp³-hybridized carbons (Fsp3) is 0.364. The highest BCUT2D eigenvalue weighted by molar-refractivity contribution is 7.91. The molecular weight excluding hydrogens is 280 g/mol. The Morgan fingerprint density at radius 3 is 2.42 bits per heavy atom. The molecule has 1 rings (SSSR count). The fourth-order valence-corrected chi connectivity index (χ4v) is 2.14. The molecule has 1 aromatic rings. The molecule has 0 saturated heterocycles. The van der Waals surface area contributed by atoms with Crippen LogP contribution in [-0.2, 0) is 19.4 Å². The average molecular weight is 293 g/mol. The van der Waals surface area contributed by atoms with Crippen LogP contribution < -0.4 is 5.32 Å². The van der Waals surface area contributed by atoms with Crippen LogP contribution in [0.2, 0.25) is 0 Å². The van der Waals surface area contributed by atoms with E-state index >= 15 is 0 Å². The summed E-state index contributed by atoms with van der Waals surface area (Å²) in [5, 5.41) is 2.25. The Morgan fingerprint density at radius 1 is 1.32 bits per heavy atom. The summed E-state index contributed by atoms with van der Waals surface area (Å²) < 4.78 is 52.7. The van der Waals surface area contributed by atoms with Crippen LogP contribution in [0, 0.1) is 0 Å². The van der Waals surface area contributed by atoms with Gasteiger partial charge in [0.2, 0.25) is 9.84 Å². The molecule has 0 heterocycles. The molecule has 0 aliphatic heterocycles. The molecule has 0 aliphatic rings. The van der Waals surface area contributed by atoms with Gasteiger partial charge >= 0.3 is 5.76 Å². The molecule has 1 amide bonds. The third-order valence-corrected chi connectivity index (χ3v) is 3.85. The molecular formula is C11H13F2NO4S. The molecule has 0 aromatic heterocycles. The number of ether oxygens (including phenoxy) is 1. The lowest BCUT2D eigenvalue weighted by Gasteiger charge is -2.13. The minimum Gasteiger partial charge on any atom is -0.372 e. The molecule has 19 heavy (non-hydrogen) atoms. The van der Waals surface area contributed by atoms with Gasteiger partial charge in [-0.05, 0) is 19.1 Å². The second kappa shape index (κ2) is 6.07. The SMILES string of the molecule is COC(C)C(=O)Nc1ccccc1S(=O)(=O)C(F)F. The molecule has 0 bridgehead atoms. The first kappa shape index (κ1) is 15.5. The van der Waals surface area contributed by atoms with Crippen LogP contribution >= 0.6 is 0 Å². The van der Waals surface area contributed by atoms with Gasteiger partial charge in [-0.1, -0.05) is 12.1 Å². The van der Waals surface area contributed by atoms with Crippen LogP contribution in [0.3, 0.4) is 0 Å². The molecule has 1 N–H and O–H groups in total. The van der Waals surface area contributed by atoms with Gasteiger partial charge in [-0.2, -0.15) is 8.78 Å². The van der Waals surface area contributed by atoms with Gasteiger partial charge in [0.25, 0.3) is 5.91 Å². The predicted octanol–water partition coefficient (Wildman–Crippen LogP) is 1.66. The summed E-state index contributed by atoms with van der Waals surface area (Å²) in [5.41, 5.74) is -0.197. The van der Waals surface area contributed by atoms with Crippen molar-refractivity contribution >= 4 is 21.4 Å². The summed E-state index contributed by atoms with van der Waals surface area (Å²) in [6.45, 7) is 1.44. The lowest BCUT2D eigenvalue weighted by molar-refractivity contribution is -0.124. The van der Waals surface area contributed by atoms with Gasteiger partial charge in [0, 0.05) is 7.11 Å². The number of carbonyl (C=O) groups is 1. The lowest BCUT2D eigenvalue weighted by Crippen LogP contribution is -2.27. The summed E-state index contributed by atoms with van der Waals surface area (Å²) in [7, 11) is -3.48. The van der Waals surface area contributed by atoms with Gasteiger partial charge in [0.05, 0.1) is 10.6 Å². The number of rotatable bonds is 5. The monoisotopic (exact) mass is 293 g/mol. The number of methoxy groups -OCH3 is 1. The van der Waals surface area contributed by atoms with Crippen molar-refractivity contribution in [1.29, 1.82) is 0 Å². The Kier molecular flexibility index (Phi) is 4.96. The highest BCUT2D eigenvalue weighted by Crippen LogP contribution is 2.26. The van der Waals surface area contributed by atoms with E-state index in [1.807, 2.05) is 0 Å². The van der Waals surface area contributed by atoms with Crippen molar-refractivity contribution in [3.05, 3.63) is 24.3 Å². The Balaban J connectivity index is 3.14. The molecule has 0 radical (unpaired) electrons. The van der Waals surface area contributed by atoms with E-state index in [1.54, 1.807) is 0 Å². The van der Waals surface area contributed by atoms with Gasteiger partial charge < -0.3 is 10.1 Å². The first-order valence-electron chi connectivity index (χ1n) is 5.25. The van der Waals surface area contributed by atoms with E-state index in [0.717, 1.165) is 6.07 Å². The van der Waals surface area contributed by atoms with Crippen molar-refractivity contribution in [3.8, 4) is 0 Å². The van der Waals surface area contributed by atoms with Gasteiger partial charge in [-0.25, -0.2) is 8.42 Å². The number of alkyl halides is 2. The van der Waals surface area contributed by atoms with Crippen LogP contribution in [-0.4, -0.2) is 33.3 Å². The zero-order chi connectivity index (χ0) is 14.6. The number of nitrogens with one attached hydrogen (secondary N) is 1. The summed E-state index contributed by atoms with van der Waals surface area (Å²) in [4.78, 5) is 11.0. The predicted molar refractivity (Wildman–Crippen MR) is 64.7 cm³/mol. The number of hydrogen-bond acceptors (Lipinski definition) is 4. The van der Waals surface area contributed by atoms with Gasteiger partial charge in [0.15, 0.2) is 0 Å². The highest BCUT2D eigenvalue weighted by atomic mass is 32.2. The number of para-hydroxylation sites is 1. The number of amides is 1. The summed E-state index contributed by atoms with van der Waals surface area (Å²) in [6, 6.07) is 4.96. The zero-order valence-electron chi connectivity index (χ0n) is 10.3. The van der Waals surface area contributed by atoms with Crippen LogP contribution in [0.1, 0.15) is 6.92 Å². The molecule has 5 nitrogen and oxygen atoms in total. The quantitative estimate of drug-likeness (QED) is 0.896. The zero-order valence-corrected chi connectivity index (χ0v) is 11.1. The normalized spacial score (nSPS) is 13.3. The van der Waals surface area contributed by atoms with Crippen molar-refractivity contribution < 1.29 is 26.7 Å². The smallest absolute Gasteiger partial charge is 0.341 e. The molecule has 0 spiro atoms. The van der Waals surface area contributed by atoms with Gasteiger partial charge in [-0.3, -0.25) is 4.79 Å². The number of sulfone groups is 1. The second-order valence-corrected chi connectivity index (χ2v) is 5.56. The van der Waals surface area contributed by atoms with Crippen molar-refractivity contribution in [2.45, 2.75) is 23.7 Å². The van der Waals surface area contributed by atoms with E-state index in [4.69, 9.17) is 4.74 Å². The number of benzene rings is 1. The van der Waals surface area contributed by atoms with Crippen molar-refractivity contribution in [1.82, 2.24) is 0 Å². The van der Waals surface area contributed by atoms with E-state index in [-0.39, 0.29) is 5.69 Å². The van der Waals surface area contributed by atoms with Crippen LogP contribution in [0.5, 0.6) is 0 Å². The van der Waals surface area contributed by atoms with E-state index in [9.17, 15) is 22.0 Å². The first-order chi connectivity index (χ1) is 8.80. The van der Waals surface area contributed by atoms with Gasteiger partial charge in [0.1, 0.15) is 6.10 Å². The van der Waals surface area contributed by atoms with E-state index < -0.39 is 32.5 Å². The number of carbonyl (C=O) groups excluding carboxylic acids is 1.